The van der Waals surface area contributed by atoms with Gasteiger partial charge in [-0.25, -0.2) is 0 Å². The first kappa shape index (κ1) is 11.0. The molecule has 4 heteroatoms. The largest absolute Gasteiger partial charge is 0.431 e. The third-order valence-electron chi connectivity index (χ3n) is 3.11. The van der Waals surface area contributed by atoms with Crippen LogP contribution in [0.1, 0.15) is 32.6 Å². The van der Waals surface area contributed by atoms with Crippen LogP contribution in [0.25, 0.3) is 0 Å². The van der Waals surface area contributed by atoms with Crippen LogP contribution in [0.4, 0.5) is 0 Å². The Kier molecular flexibility index (Phi) is 2.90. The van der Waals surface area contributed by atoms with Crippen molar-refractivity contribution in [3.63, 3.8) is 0 Å². The molecule has 0 amide bonds. The molecule has 4 nitrogen and oxygen atoms in total. The molecule has 86 valence electrons. The van der Waals surface area contributed by atoms with Gasteiger partial charge in [0.15, 0.2) is 5.78 Å². The molecule has 16 heavy (non-hydrogen) atoms. The summed E-state index contributed by atoms with van der Waals surface area (Å²) in [5, 5.41) is 0. The van der Waals surface area contributed by atoms with Crippen molar-refractivity contribution in [3.05, 3.63) is 11.8 Å². The van der Waals surface area contributed by atoms with E-state index in [2.05, 4.69) is 0 Å². The molecule has 1 aliphatic heterocycles. The maximum absolute atomic E-state index is 11.6. The van der Waals surface area contributed by atoms with E-state index in [1.165, 1.54) is 0 Å². The second kappa shape index (κ2) is 4.20. The number of carbonyl (C=O) groups is 3. The third kappa shape index (κ3) is 1.68. The highest BCUT2D eigenvalue weighted by Crippen LogP contribution is 2.39. The highest BCUT2D eigenvalue weighted by molar-refractivity contribution is 6.42. The lowest BCUT2D eigenvalue weighted by atomic mass is 9.78. The van der Waals surface area contributed by atoms with Gasteiger partial charge < -0.3 is 4.74 Å². The van der Waals surface area contributed by atoms with Crippen LogP contribution in [0, 0.1) is 11.8 Å². The molecule has 0 spiro atoms. The zero-order valence-corrected chi connectivity index (χ0v) is 9.19. The van der Waals surface area contributed by atoms with E-state index in [0.717, 1.165) is 12.8 Å². The van der Waals surface area contributed by atoms with Crippen LogP contribution in [0.15, 0.2) is 11.8 Å². The molecule has 0 aromatic heterocycles. The molecule has 0 bridgehead atoms. The molecular formula is C12H14O4. The van der Waals surface area contributed by atoms with Crippen molar-refractivity contribution < 1.29 is 19.1 Å². The fourth-order valence-corrected chi connectivity index (χ4v) is 2.25. The van der Waals surface area contributed by atoms with Crippen molar-refractivity contribution in [1.82, 2.24) is 0 Å². The van der Waals surface area contributed by atoms with Crippen molar-refractivity contribution in [2.45, 2.75) is 32.6 Å². The summed E-state index contributed by atoms with van der Waals surface area (Å²) < 4.78 is 5.08. The van der Waals surface area contributed by atoms with Crippen LogP contribution in [0.2, 0.25) is 0 Å². The summed E-state index contributed by atoms with van der Waals surface area (Å²) >= 11 is 0. The average Bonchev–Trinajstić information content (AvgIpc) is 2.58. The van der Waals surface area contributed by atoms with Crippen molar-refractivity contribution in [2.75, 3.05) is 0 Å². The van der Waals surface area contributed by atoms with Gasteiger partial charge in [0.1, 0.15) is 11.7 Å². The summed E-state index contributed by atoms with van der Waals surface area (Å²) in [4.78, 5) is 34.3. The number of hydrogen-bond acceptors (Lipinski definition) is 4. The number of fused-ring (bicyclic) bond motifs is 1. The molecule has 0 N–H and O–H groups in total. The number of rotatable bonds is 2. The highest BCUT2D eigenvalue weighted by Gasteiger charge is 2.50. The minimum Gasteiger partial charge on any atom is -0.431 e. The SMILES string of the molecule is CCCC=C1OC(=O)C2C(=O)C(=O)CCC12. The number of esters is 1. The smallest absolute Gasteiger partial charge is 0.322 e. The standard InChI is InChI=1S/C12H14O4/c1-2-3-4-9-7-5-6-8(13)11(14)10(7)12(15)16-9/h4,7,10H,2-3,5-6H2,1H3. The van der Waals surface area contributed by atoms with E-state index in [9.17, 15) is 14.4 Å². The Morgan fingerprint density at radius 3 is 2.81 bits per heavy atom. The van der Waals surface area contributed by atoms with Crippen molar-refractivity contribution in [2.24, 2.45) is 11.8 Å². The quantitative estimate of drug-likeness (QED) is 0.402. The Bertz CT molecular complexity index is 380. The number of cyclic esters (lactones) is 1. The Balaban J connectivity index is 2.23. The van der Waals surface area contributed by atoms with Gasteiger partial charge in [-0.3, -0.25) is 14.4 Å². The van der Waals surface area contributed by atoms with E-state index >= 15 is 0 Å². The monoisotopic (exact) mass is 222 g/mol. The summed E-state index contributed by atoms with van der Waals surface area (Å²) in [7, 11) is 0. The Hall–Kier alpha value is -1.45. The summed E-state index contributed by atoms with van der Waals surface area (Å²) in [5.41, 5.74) is 0. The molecule has 2 atom stereocenters. The summed E-state index contributed by atoms with van der Waals surface area (Å²) in [5.74, 6) is -2.01. The van der Waals surface area contributed by atoms with Crippen LogP contribution in [-0.2, 0) is 19.1 Å². The lowest BCUT2D eigenvalue weighted by Crippen LogP contribution is -2.36. The minimum absolute atomic E-state index is 0.191. The van der Waals surface area contributed by atoms with Gasteiger partial charge in [0, 0.05) is 12.3 Å². The molecule has 1 heterocycles. The van der Waals surface area contributed by atoms with E-state index in [-0.39, 0.29) is 12.3 Å². The first-order chi connectivity index (χ1) is 7.65. The van der Waals surface area contributed by atoms with Gasteiger partial charge in [-0.15, -0.1) is 0 Å². The molecule has 2 unspecified atom stereocenters. The summed E-state index contributed by atoms with van der Waals surface area (Å²) in [6, 6.07) is 0. The van der Waals surface area contributed by atoms with Gasteiger partial charge in [-0.2, -0.15) is 0 Å². The van der Waals surface area contributed by atoms with E-state index < -0.39 is 23.5 Å². The molecule has 2 aliphatic rings. The van der Waals surface area contributed by atoms with Crippen molar-refractivity contribution in [3.8, 4) is 0 Å². The Morgan fingerprint density at radius 2 is 2.12 bits per heavy atom. The number of ether oxygens (including phenoxy) is 1. The fraction of sp³-hybridized carbons (Fsp3) is 0.583. The molecule has 2 rings (SSSR count). The molecule has 0 aromatic carbocycles. The van der Waals surface area contributed by atoms with E-state index in [4.69, 9.17) is 4.74 Å². The van der Waals surface area contributed by atoms with Crippen LogP contribution >= 0.6 is 0 Å². The van der Waals surface area contributed by atoms with Crippen molar-refractivity contribution in [1.29, 1.82) is 0 Å². The molecule has 2 fully saturated rings. The summed E-state index contributed by atoms with van der Waals surface area (Å²) in [6.07, 6.45) is 4.45. The Morgan fingerprint density at radius 1 is 1.38 bits per heavy atom. The van der Waals surface area contributed by atoms with Gasteiger partial charge >= 0.3 is 5.97 Å². The molecule has 0 aromatic rings. The second-order valence-electron chi connectivity index (χ2n) is 4.23. The van der Waals surface area contributed by atoms with Gasteiger partial charge in [0.25, 0.3) is 0 Å². The zero-order valence-electron chi connectivity index (χ0n) is 9.19. The van der Waals surface area contributed by atoms with Crippen LogP contribution < -0.4 is 0 Å². The minimum atomic E-state index is -0.857. The fourth-order valence-electron chi connectivity index (χ4n) is 2.25. The van der Waals surface area contributed by atoms with E-state index in [0.29, 0.717) is 12.2 Å². The number of hydrogen-bond donors (Lipinski definition) is 0. The molecule has 0 radical (unpaired) electrons. The lowest BCUT2D eigenvalue weighted by molar-refractivity contribution is -0.149. The lowest BCUT2D eigenvalue weighted by Gasteiger charge is -2.18. The molecule has 1 aliphatic carbocycles. The predicted molar refractivity (Wildman–Crippen MR) is 55.3 cm³/mol. The number of ketones is 2. The predicted octanol–water partition coefficient (Wildman–Crippen LogP) is 1.39. The van der Waals surface area contributed by atoms with Gasteiger partial charge in [0.2, 0.25) is 5.78 Å². The van der Waals surface area contributed by atoms with E-state index in [1.54, 1.807) is 0 Å². The van der Waals surface area contributed by atoms with Gasteiger partial charge in [0.05, 0.1) is 0 Å². The van der Waals surface area contributed by atoms with Gasteiger partial charge in [-0.05, 0) is 18.9 Å². The Labute approximate surface area is 93.7 Å². The zero-order chi connectivity index (χ0) is 11.7. The first-order valence-corrected chi connectivity index (χ1v) is 5.64. The van der Waals surface area contributed by atoms with Gasteiger partial charge in [-0.1, -0.05) is 13.3 Å². The number of unbranched alkanes of at least 4 members (excludes halogenated alkanes) is 1. The second-order valence-corrected chi connectivity index (χ2v) is 4.23. The maximum Gasteiger partial charge on any atom is 0.322 e. The highest BCUT2D eigenvalue weighted by atomic mass is 16.5. The molecule has 1 saturated heterocycles. The third-order valence-corrected chi connectivity index (χ3v) is 3.11. The maximum atomic E-state index is 11.6. The normalized spacial score (nSPS) is 31.8. The first-order valence-electron chi connectivity index (χ1n) is 5.64. The average molecular weight is 222 g/mol. The van der Waals surface area contributed by atoms with Crippen molar-refractivity contribution >= 4 is 17.5 Å². The number of allylic oxidation sites excluding steroid dienone is 2. The van der Waals surface area contributed by atoms with Crippen LogP contribution in [0.3, 0.4) is 0 Å². The topological polar surface area (TPSA) is 60.4 Å². The van der Waals surface area contributed by atoms with Crippen LogP contribution in [0.5, 0.6) is 0 Å². The number of carbonyl (C=O) groups excluding carboxylic acids is 3. The molecular weight excluding hydrogens is 208 g/mol. The molecule has 1 saturated carbocycles. The number of Topliss-reactive ketones (excluding diaryl/α,β-unsaturated/α-hetero) is 2. The van der Waals surface area contributed by atoms with Crippen LogP contribution in [-0.4, -0.2) is 17.5 Å². The van der Waals surface area contributed by atoms with E-state index in [1.807, 2.05) is 13.0 Å². The summed E-state index contributed by atoms with van der Waals surface area (Å²) in [6.45, 7) is 2.03.